The Morgan fingerprint density at radius 2 is 1.87 bits per heavy atom. The largest absolute Gasteiger partial charge is 0.483 e. The Morgan fingerprint density at radius 1 is 1.13 bits per heavy atom. The van der Waals surface area contributed by atoms with E-state index in [1.54, 1.807) is 0 Å². The second-order valence-electron chi connectivity index (χ2n) is 7.85. The topological polar surface area (TPSA) is 74.5 Å². The van der Waals surface area contributed by atoms with E-state index >= 15 is 0 Å². The summed E-state index contributed by atoms with van der Waals surface area (Å²) in [4.78, 5) is 22.6. The lowest BCUT2D eigenvalue weighted by molar-refractivity contribution is -0.122. The van der Waals surface area contributed by atoms with E-state index in [1.165, 1.54) is 42.7 Å². The normalized spacial score (nSPS) is 16.1. The Bertz CT molecular complexity index is 963. The van der Waals surface area contributed by atoms with E-state index in [2.05, 4.69) is 64.6 Å². The summed E-state index contributed by atoms with van der Waals surface area (Å²) in [6, 6.07) is 8.99. The molecule has 7 heteroatoms. The maximum Gasteiger partial charge on any atom is 0.290 e. The average Bonchev–Trinajstić information content (AvgIpc) is 3.21. The van der Waals surface area contributed by atoms with Crippen molar-refractivity contribution in [3.63, 3.8) is 0 Å². The van der Waals surface area contributed by atoms with Crippen LogP contribution in [0.2, 0.25) is 0 Å². The molecule has 1 saturated heterocycles. The third-order valence-corrected chi connectivity index (χ3v) is 5.88. The number of piperazine rings is 1. The molecule has 0 bridgehead atoms. The summed E-state index contributed by atoms with van der Waals surface area (Å²) >= 11 is 0. The fourth-order valence-electron chi connectivity index (χ4n) is 4.05. The zero-order chi connectivity index (χ0) is 21.5. The van der Waals surface area contributed by atoms with Crippen molar-refractivity contribution in [3.05, 3.63) is 48.4 Å². The minimum absolute atomic E-state index is 0.250. The standard InChI is InChI=1S/C22H29N5.CH2O2/c1-17-6-7-20-19(5-4-9-23-20)21(17)22-24-10-12-27(22)11-8-18(2)26-15-13-25(3)14-16-26;2-1-3/h4-7,9-10,12,18H,8,11,13-16H2,1-3H3;1H,(H,2,3). The quantitative estimate of drug-likeness (QED) is 0.653. The molecule has 7 nitrogen and oxygen atoms in total. The van der Waals surface area contributed by atoms with Gasteiger partial charge in [0.25, 0.3) is 6.47 Å². The van der Waals surface area contributed by atoms with Crippen LogP contribution < -0.4 is 0 Å². The zero-order valence-corrected chi connectivity index (χ0v) is 18.0. The van der Waals surface area contributed by atoms with Crippen LogP contribution in [0, 0.1) is 6.92 Å². The van der Waals surface area contributed by atoms with Crippen LogP contribution in [0.25, 0.3) is 22.3 Å². The van der Waals surface area contributed by atoms with Gasteiger partial charge in [0.2, 0.25) is 0 Å². The lowest BCUT2D eigenvalue weighted by atomic mass is 10.0. The van der Waals surface area contributed by atoms with E-state index in [4.69, 9.17) is 14.9 Å². The Labute approximate surface area is 178 Å². The van der Waals surface area contributed by atoms with Crippen molar-refractivity contribution >= 4 is 17.4 Å². The fraction of sp³-hybridized carbons (Fsp3) is 0.435. The van der Waals surface area contributed by atoms with E-state index < -0.39 is 0 Å². The number of fused-ring (bicyclic) bond motifs is 1. The minimum atomic E-state index is -0.250. The van der Waals surface area contributed by atoms with Gasteiger partial charge in [0, 0.05) is 68.3 Å². The number of hydrogen-bond donors (Lipinski definition) is 1. The lowest BCUT2D eigenvalue weighted by Gasteiger charge is -2.36. The molecule has 1 fully saturated rings. The van der Waals surface area contributed by atoms with Crippen molar-refractivity contribution in [3.8, 4) is 11.4 Å². The molecule has 0 radical (unpaired) electrons. The van der Waals surface area contributed by atoms with Crippen molar-refractivity contribution in [2.75, 3.05) is 33.2 Å². The van der Waals surface area contributed by atoms with Crippen LogP contribution in [0.15, 0.2) is 42.9 Å². The minimum Gasteiger partial charge on any atom is -0.483 e. The fourth-order valence-corrected chi connectivity index (χ4v) is 4.05. The first kappa shape index (κ1) is 21.9. The molecule has 3 aromatic rings. The number of pyridine rings is 1. The smallest absolute Gasteiger partial charge is 0.290 e. The van der Waals surface area contributed by atoms with Gasteiger partial charge in [0.15, 0.2) is 0 Å². The molecule has 3 heterocycles. The molecule has 0 spiro atoms. The molecule has 1 N–H and O–H groups in total. The molecule has 2 aromatic heterocycles. The van der Waals surface area contributed by atoms with E-state index in [0.29, 0.717) is 6.04 Å². The van der Waals surface area contributed by atoms with Crippen molar-refractivity contribution in [2.45, 2.75) is 32.9 Å². The molecule has 1 aliphatic heterocycles. The monoisotopic (exact) mass is 409 g/mol. The summed E-state index contributed by atoms with van der Waals surface area (Å²) < 4.78 is 2.31. The predicted molar refractivity (Wildman–Crippen MR) is 120 cm³/mol. The van der Waals surface area contributed by atoms with Gasteiger partial charge in [-0.15, -0.1) is 0 Å². The van der Waals surface area contributed by atoms with E-state index in [9.17, 15) is 0 Å². The highest BCUT2D eigenvalue weighted by Crippen LogP contribution is 2.30. The third kappa shape index (κ3) is 5.04. The van der Waals surface area contributed by atoms with Gasteiger partial charge in [-0.1, -0.05) is 12.1 Å². The second kappa shape index (κ2) is 10.3. The molecule has 160 valence electrons. The molecule has 1 aliphatic rings. The van der Waals surface area contributed by atoms with Crippen LogP contribution in [0.4, 0.5) is 0 Å². The average molecular weight is 410 g/mol. The number of aromatic nitrogens is 3. The number of likely N-dealkylation sites (N-methyl/N-ethyl adjacent to an activating group) is 1. The number of carbonyl (C=O) groups is 1. The van der Waals surface area contributed by atoms with E-state index in [-0.39, 0.29) is 6.47 Å². The first-order valence-electron chi connectivity index (χ1n) is 10.4. The first-order chi connectivity index (χ1) is 14.5. The number of hydrogen-bond acceptors (Lipinski definition) is 5. The van der Waals surface area contributed by atoms with Gasteiger partial charge in [0.05, 0.1) is 5.52 Å². The number of carboxylic acid groups (broad SMARTS) is 1. The van der Waals surface area contributed by atoms with Crippen molar-refractivity contribution in [2.24, 2.45) is 0 Å². The summed E-state index contributed by atoms with van der Waals surface area (Å²) in [5.74, 6) is 1.05. The van der Waals surface area contributed by atoms with Crippen molar-refractivity contribution in [1.29, 1.82) is 0 Å². The third-order valence-electron chi connectivity index (χ3n) is 5.88. The molecule has 1 atom stereocenters. The van der Waals surface area contributed by atoms with Crippen LogP contribution >= 0.6 is 0 Å². The van der Waals surface area contributed by atoms with Crippen LogP contribution in [-0.2, 0) is 11.3 Å². The highest BCUT2D eigenvalue weighted by Gasteiger charge is 2.20. The number of imidazole rings is 1. The molecule has 30 heavy (non-hydrogen) atoms. The molecule has 1 aromatic carbocycles. The summed E-state index contributed by atoms with van der Waals surface area (Å²) in [6.45, 7) is 9.93. The van der Waals surface area contributed by atoms with Gasteiger partial charge in [-0.05, 0) is 45.0 Å². The summed E-state index contributed by atoms with van der Waals surface area (Å²) in [5.41, 5.74) is 3.48. The second-order valence-corrected chi connectivity index (χ2v) is 7.85. The summed E-state index contributed by atoms with van der Waals surface area (Å²) in [6.07, 6.45) is 7.02. The molecule has 1 unspecified atom stereocenters. The van der Waals surface area contributed by atoms with E-state index in [1.807, 2.05) is 18.5 Å². The van der Waals surface area contributed by atoms with Gasteiger partial charge >= 0.3 is 0 Å². The number of aryl methyl sites for hydroxylation is 2. The van der Waals surface area contributed by atoms with E-state index in [0.717, 1.165) is 24.3 Å². The molecule has 0 saturated carbocycles. The van der Waals surface area contributed by atoms with Gasteiger partial charge in [-0.2, -0.15) is 0 Å². The maximum atomic E-state index is 8.36. The van der Waals surface area contributed by atoms with Crippen LogP contribution in [-0.4, -0.2) is 75.2 Å². The van der Waals surface area contributed by atoms with Crippen molar-refractivity contribution < 1.29 is 9.90 Å². The molecular formula is C23H31N5O2. The maximum absolute atomic E-state index is 8.36. The molecule has 0 aliphatic carbocycles. The van der Waals surface area contributed by atoms with Crippen LogP contribution in [0.5, 0.6) is 0 Å². The molecule has 0 amide bonds. The van der Waals surface area contributed by atoms with Crippen LogP contribution in [0.1, 0.15) is 18.9 Å². The molecule has 4 rings (SSSR count). The predicted octanol–water partition coefficient (Wildman–Crippen LogP) is 3.13. The highest BCUT2D eigenvalue weighted by atomic mass is 16.3. The highest BCUT2D eigenvalue weighted by molar-refractivity contribution is 5.94. The lowest BCUT2D eigenvalue weighted by Crippen LogP contribution is -2.48. The van der Waals surface area contributed by atoms with Crippen molar-refractivity contribution in [1.82, 2.24) is 24.3 Å². The Kier molecular flexibility index (Phi) is 7.54. The number of nitrogens with zero attached hydrogens (tertiary/aromatic N) is 5. The van der Waals surface area contributed by atoms with Gasteiger partial charge < -0.3 is 14.6 Å². The Balaban J connectivity index is 0.000000806. The van der Waals surface area contributed by atoms with Crippen LogP contribution in [0.3, 0.4) is 0 Å². The molecular weight excluding hydrogens is 378 g/mol. The summed E-state index contributed by atoms with van der Waals surface area (Å²) in [5, 5.41) is 8.07. The number of benzene rings is 1. The summed E-state index contributed by atoms with van der Waals surface area (Å²) in [7, 11) is 2.21. The van der Waals surface area contributed by atoms with Gasteiger partial charge in [0.1, 0.15) is 5.82 Å². The zero-order valence-electron chi connectivity index (χ0n) is 18.0. The first-order valence-corrected chi connectivity index (χ1v) is 10.4. The van der Waals surface area contributed by atoms with Gasteiger partial charge in [-0.3, -0.25) is 14.7 Å². The van der Waals surface area contributed by atoms with Gasteiger partial charge in [-0.25, -0.2) is 4.98 Å². The Morgan fingerprint density at radius 3 is 2.60 bits per heavy atom. The Hall–Kier alpha value is -2.77. The number of rotatable bonds is 5. The SMILES string of the molecule is Cc1ccc2ncccc2c1-c1nccn1CCC(C)N1CCN(C)CC1.O=CO.